The molecular formula is C83H60BrN16O2Ru2W-. The minimum atomic E-state index is -0.170. The Kier molecular flexibility index (Phi) is 30.8. The number of fused-ring (bicyclic) bond motifs is 14. The average Bonchev–Trinajstić information content (AvgIpc) is 0.744. The summed E-state index contributed by atoms with van der Waals surface area (Å²) in [5.74, 6) is 7.56. The summed E-state index contributed by atoms with van der Waals surface area (Å²) in [6.45, 7) is -0.323. The second kappa shape index (κ2) is 40.9. The molecule has 0 unspecified atom stereocenters. The zero-order valence-electron chi connectivity index (χ0n) is 55.9. The SMILES string of the molecule is Brc1ccc2nc3c4cccnc4c4ncccc4c3nc2c1.C#CCO.OCC#Cc1ccc2nc3c4cccnc4c4ncccc4c3nc2c1.[CH3-].[Ru].[Ru].[W].c1ccc(-c2ccccn2)nc1.c1ccc(-c2ccccn2)nc1.c1ccc(-c2ccccn2)nc1.c1ccc(-c2ccccn2)nc1. The van der Waals surface area contributed by atoms with Crippen LogP contribution in [0.2, 0.25) is 0 Å². The molecule has 14 aromatic heterocycles. The van der Waals surface area contributed by atoms with Crippen molar-refractivity contribution in [2.75, 3.05) is 13.2 Å². The minimum absolute atomic E-state index is 0. The number of nitrogens with zero attached hydrogens (tertiary/aromatic N) is 16. The number of rotatable bonds is 4. The van der Waals surface area contributed by atoms with E-state index in [1.54, 1.807) is 74.4 Å². The summed E-state index contributed by atoms with van der Waals surface area (Å²) in [4.78, 5) is 71.0. The molecule has 0 aliphatic heterocycles. The van der Waals surface area contributed by atoms with Crippen molar-refractivity contribution in [3.8, 4) is 69.7 Å². The third-order valence-corrected chi connectivity index (χ3v) is 15.3. The van der Waals surface area contributed by atoms with Gasteiger partial charge in [-0.15, -0.1) is 6.42 Å². The molecule has 0 atom stereocenters. The molecule has 0 aliphatic rings. The van der Waals surface area contributed by atoms with Crippen LogP contribution in [0.4, 0.5) is 0 Å². The van der Waals surface area contributed by atoms with Gasteiger partial charge >= 0.3 is 0 Å². The van der Waals surface area contributed by atoms with Crippen LogP contribution in [-0.4, -0.2) is 103 Å². The van der Waals surface area contributed by atoms with Gasteiger partial charge in [0.1, 0.15) is 13.2 Å². The fourth-order valence-electron chi connectivity index (χ4n) is 10.3. The van der Waals surface area contributed by atoms with E-state index in [0.717, 1.165) is 143 Å². The molecule has 2 N–H and O–H groups in total. The Bertz CT molecular complexity index is 5410. The van der Waals surface area contributed by atoms with Crippen LogP contribution in [0.3, 0.4) is 0 Å². The van der Waals surface area contributed by atoms with Gasteiger partial charge in [0.15, 0.2) is 0 Å². The standard InChI is InChI=1S/C21H12N4O.C18H9BrN4.4C10H8N2.C3H4O.CH3.2Ru.W/c26-11-3-4-13-7-8-16-17(12-13)25-21-15-6-2-10-23-19(15)18-14(20(21)24-16)5-1-9-22-18;19-10-5-6-13-14(9-10)23-18-12-4-2-8-21-16(12)15-11(17(18)22-13)3-1-7-20-15;4*1-3-7-11-9(5-1)10-6-2-4-8-12-10;1-2-3-4;;;;/h1-2,5-10,12,26H,11H2;1-9H;4*1-8H;1,4H,3H2;1H3;;;/q;;;;;;;-1;;;. The second-order valence-corrected chi connectivity index (χ2v) is 22.2. The van der Waals surface area contributed by atoms with Crippen LogP contribution in [0, 0.1) is 31.6 Å². The van der Waals surface area contributed by atoms with Crippen molar-refractivity contribution in [3.05, 3.63) is 322 Å². The van der Waals surface area contributed by atoms with E-state index < -0.39 is 0 Å². The van der Waals surface area contributed by atoms with E-state index in [1.165, 1.54) is 0 Å². The fraction of sp³-hybridized carbons (Fsp3) is 0.0241. The minimum Gasteiger partial charge on any atom is -0.384 e. The first-order chi connectivity index (χ1) is 49.9. The number of aliphatic hydroxyl groups excluding tert-OH is 2. The van der Waals surface area contributed by atoms with Gasteiger partial charge in [0.25, 0.3) is 0 Å². The van der Waals surface area contributed by atoms with Crippen molar-refractivity contribution in [1.82, 2.24) is 79.7 Å². The Balaban J connectivity index is 0.000000162. The van der Waals surface area contributed by atoms with Gasteiger partial charge in [0.05, 0.1) is 112 Å². The molecule has 0 amide bonds. The Hall–Kier alpha value is -11.6. The fourth-order valence-corrected chi connectivity index (χ4v) is 10.7. The predicted octanol–water partition coefficient (Wildman–Crippen LogP) is 16.5. The van der Waals surface area contributed by atoms with Gasteiger partial charge in [0.2, 0.25) is 0 Å². The molecule has 14 heterocycles. The van der Waals surface area contributed by atoms with Crippen LogP contribution in [0.25, 0.3) is 133 Å². The molecule has 0 saturated carbocycles. The summed E-state index contributed by atoms with van der Waals surface area (Å²) in [6, 6.07) is 73.7. The summed E-state index contributed by atoms with van der Waals surface area (Å²) >= 11 is 3.50. The van der Waals surface area contributed by atoms with E-state index in [9.17, 15) is 0 Å². The Morgan fingerprint density at radius 1 is 0.286 bits per heavy atom. The topological polar surface area (TPSA) is 247 Å². The van der Waals surface area contributed by atoms with Crippen molar-refractivity contribution in [2.24, 2.45) is 0 Å². The molecule has 105 heavy (non-hydrogen) atoms. The summed E-state index contributed by atoms with van der Waals surface area (Å²) in [6.07, 6.45) is 25.8. The van der Waals surface area contributed by atoms with Gasteiger partial charge in [-0.2, -0.15) is 0 Å². The zero-order valence-corrected chi connectivity index (χ0v) is 63.9. The second-order valence-electron chi connectivity index (χ2n) is 21.3. The maximum atomic E-state index is 8.89. The number of terminal acetylenes is 1. The Morgan fingerprint density at radius 3 is 0.781 bits per heavy atom. The van der Waals surface area contributed by atoms with Crippen LogP contribution in [-0.2, 0) is 60.0 Å². The molecule has 18 rings (SSSR count). The van der Waals surface area contributed by atoms with Crippen LogP contribution in [0.1, 0.15) is 5.56 Å². The maximum Gasteiger partial charge on any atom is 0.104 e. The molecular weight excluding hydrogens is 1720 g/mol. The van der Waals surface area contributed by atoms with Crippen molar-refractivity contribution in [2.45, 2.75) is 0 Å². The number of halogens is 1. The molecule has 0 aliphatic carbocycles. The monoisotopic (exact) mass is 1780 g/mol. The molecule has 18 nitrogen and oxygen atoms in total. The number of hydrogen-bond acceptors (Lipinski definition) is 18. The number of aliphatic hydroxyl groups is 2. The van der Waals surface area contributed by atoms with E-state index in [-0.39, 0.29) is 80.7 Å². The molecule has 0 saturated heterocycles. The summed E-state index contributed by atoms with van der Waals surface area (Å²) in [7, 11) is 0. The van der Waals surface area contributed by atoms with E-state index >= 15 is 0 Å². The van der Waals surface area contributed by atoms with Crippen LogP contribution >= 0.6 is 15.9 Å². The molecule has 0 radical (unpaired) electrons. The maximum absolute atomic E-state index is 8.89. The first-order valence-corrected chi connectivity index (χ1v) is 32.3. The third-order valence-electron chi connectivity index (χ3n) is 14.8. The van der Waals surface area contributed by atoms with E-state index in [2.05, 4.69) is 94.0 Å². The van der Waals surface area contributed by atoms with Gasteiger partial charge in [0, 0.05) is 166 Å². The van der Waals surface area contributed by atoms with Crippen molar-refractivity contribution < 1.29 is 70.2 Å². The number of benzene rings is 4. The Morgan fingerprint density at radius 2 is 0.533 bits per heavy atom. The summed E-state index contributed by atoms with van der Waals surface area (Å²) in [5, 5.41) is 20.3. The largest absolute Gasteiger partial charge is 0.384 e. The number of pyridine rings is 12. The third kappa shape index (κ3) is 20.6. The molecule has 22 heteroatoms. The molecule has 18 aromatic rings. The average molecular weight is 1780 g/mol. The van der Waals surface area contributed by atoms with Crippen LogP contribution in [0.5, 0.6) is 0 Å². The molecule has 0 fully saturated rings. The van der Waals surface area contributed by atoms with Crippen molar-refractivity contribution >= 4 is 104 Å². The molecule has 0 spiro atoms. The van der Waals surface area contributed by atoms with Gasteiger partial charge < -0.3 is 17.6 Å². The van der Waals surface area contributed by atoms with Gasteiger partial charge in [-0.05, 0) is 182 Å². The number of aromatic nitrogens is 16. The van der Waals surface area contributed by atoms with Crippen LogP contribution < -0.4 is 0 Å². The first kappa shape index (κ1) is 79.1. The van der Waals surface area contributed by atoms with Gasteiger partial charge in [-0.3, -0.25) is 59.8 Å². The molecule has 4 aromatic carbocycles. The van der Waals surface area contributed by atoms with E-state index in [4.69, 9.17) is 30.1 Å². The van der Waals surface area contributed by atoms with Crippen molar-refractivity contribution in [3.63, 3.8) is 0 Å². The summed E-state index contributed by atoms with van der Waals surface area (Å²) in [5.41, 5.74) is 18.1. The Labute approximate surface area is 653 Å². The molecule has 0 bridgehead atoms. The summed E-state index contributed by atoms with van der Waals surface area (Å²) < 4.78 is 0.989. The predicted molar refractivity (Wildman–Crippen MR) is 409 cm³/mol. The van der Waals surface area contributed by atoms with E-state index in [1.807, 2.05) is 236 Å². The molecule has 514 valence electrons. The van der Waals surface area contributed by atoms with Gasteiger partial charge in [-0.25, -0.2) is 19.9 Å². The van der Waals surface area contributed by atoms with Crippen molar-refractivity contribution in [1.29, 1.82) is 0 Å². The van der Waals surface area contributed by atoms with E-state index in [0.29, 0.717) is 0 Å². The smallest absolute Gasteiger partial charge is 0.104 e. The normalized spacial score (nSPS) is 9.92. The van der Waals surface area contributed by atoms with Gasteiger partial charge in [-0.1, -0.05) is 82.2 Å². The number of hydrogen-bond donors (Lipinski definition) is 2. The van der Waals surface area contributed by atoms with Crippen LogP contribution in [0.15, 0.2) is 309 Å². The quantitative estimate of drug-likeness (QED) is 0.0546. The first-order valence-electron chi connectivity index (χ1n) is 31.5. The zero-order chi connectivity index (χ0) is 69.2.